The van der Waals surface area contributed by atoms with Crippen LogP contribution in [0.4, 0.5) is 5.69 Å². The molecular formula is C15H15N3O. The number of hydrogen-bond acceptors (Lipinski definition) is 3. The smallest absolute Gasteiger partial charge is 0.252 e. The van der Waals surface area contributed by atoms with Crippen molar-refractivity contribution >= 4 is 17.7 Å². The van der Waals surface area contributed by atoms with Crippen molar-refractivity contribution < 1.29 is 4.79 Å². The first-order valence-electron chi connectivity index (χ1n) is 5.96. The van der Waals surface area contributed by atoms with Crippen LogP contribution in [0.3, 0.4) is 0 Å². The van der Waals surface area contributed by atoms with E-state index in [4.69, 9.17) is 5.73 Å². The second-order valence-corrected chi connectivity index (χ2v) is 3.98. The minimum Gasteiger partial charge on any atom is -0.381 e. The van der Waals surface area contributed by atoms with Gasteiger partial charge in [-0.2, -0.15) is 0 Å². The summed E-state index contributed by atoms with van der Waals surface area (Å²) >= 11 is 0. The summed E-state index contributed by atoms with van der Waals surface area (Å²) in [4.78, 5) is 15.1. The normalized spacial score (nSPS) is 10.5. The van der Waals surface area contributed by atoms with E-state index in [0.29, 0.717) is 17.8 Å². The molecule has 2 rings (SSSR count). The van der Waals surface area contributed by atoms with Crippen molar-refractivity contribution in [3.63, 3.8) is 0 Å². The zero-order valence-corrected chi connectivity index (χ0v) is 10.4. The number of carbonyl (C=O) groups excluding carboxylic acids is 1. The molecule has 4 heteroatoms. The van der Waals surface area contributed by atoms with E-state index in [0.717, 1.165) is 5.56 Å². The Balaban J connectivity index is 1.96. The van der Waals surface area contributed by atoms with Gasteiger partial charge in [-0.15, -0.1) is 0 Å². The van der Waals surface area contributed by atoms with E-state index in [1.54, 1.807) is 12.3 Å². The number of amides is 1. The highest BCUT2D eigenvalue weighted by molar-refractivity contribution is 5.98. The van der Waals surface area contributed by atoms with Gasteiger partial charge >= 0.3 is 0 Å². The summed E-state index contributed by atoms with van der Waals surface area (Å²) in [6.07, 6.45) is 7.08. The van der Waals surface area contributed by atoms with Crippen molar-refractivity contribution in [3.8, 4) is 0 Å². The van der Waals surface area contributed by atoms with E-state index >= 15 is 0 Å². The lowest BCUT2D eigenvalue weighted by molar-refractivity contribution is 0.100. The maximum Gasteiger partial charge on any atom is 0.252 e. The molecule has 0 spiro atoms. The maximum absolute atomic E-state index is 11.2. The Morgan fingerprint density at radius 1 is 1.26 bits per heavy atom. The van der Waals surface area contributed by atoms with Crippen molar-refractivity contribution in [1.82, 2.24) is 4.98 Å². The number of aromatic nitrogens is 1. The second-order valence-electron chi connectivity index (χ2n) is 3.98. The molecule has 0 atom stereocenters. The van der Waals surface area contributed by atoms with Gasteiger partial charge in [-0.1, -0.05) is 42.5 Å². The van der Waals surface area contributed by atoms with E-state index in [1.165, 1.54) is 6.20 Å². The molecule has 1 amide bonds. The first-order chi connectivity index (χ1) is 9.27. The van der Waals surface area contributed by atoms with Crippen LogP contribution in [0.15, 0.2) is 54.9 Å². The molecule has 0 fully saturated rings. The molecule has 0 aliphatic carbocycles. The van der Waals surface area contributed by atoms with Crippen LogP contribution in [0.5, 0.6) is 0 Å². The summed E-state index contributed by atoms with van der Waals surface area (Å²) in [5, 5.41) is 3.14. The molecule has 2 aromatic rings. The third-order valence-corrected chi connectivity index (χ3v) is 2.61. The lowest BCUT2D eigenvalue weighted by Gasteiger charge is -2.06. The number of rotatable bonds is 5. The molecule has 3 N–H and O–H groups in total. The number of primary amides is 1. The third-order valence-electron chi connectivity index (χ3n) is 2.61. The van der Waals surface area contributed by atoms with Gasteiger partial charge < -0.3 is 11.1 Å². The minimum absolute atomic E-state index is 0.399. The lowest BCUT2D eigenvalue weighted by Crippen LogP contribution is -2.14. The summed E-state index contributed by atoms with van der Waals surface area (Å²) in [6.45, 7) is 0.610. The zero-order valence-electron chi connectivity index (χ0n) is 10.4. The standard InChI is InChI=1S/C15H15N3O/c16-15(19)13-11-17-10-8-14(13)18-9-4-7-12-5-2-1-3-6-12/h1-8,10-11H,9H2,(H2,16,19)(H,17,18)/b7-4+. The molecule has 0 aliphatic heterocycles. The van der Waals surface area contributed by atoms with Gasteiger partial charge in [0.1, 0.15) is 0 Å². The molecule has 4 nitrogen and oxygen atoms in total. The number of pyridine rings is 1. The van der Waals surface area contributed by atoms with Crippen LogP contribution in [0.1, 0.15) is 15.9 Å². The predicted molar refractivity (Wildman–Crippen MR) is 76.7 cm³/mol. The van der Waals surface area contributed by atoms with Crippen LogP contribution in [0, 0.1) is 0 Å². The van der Waals surface area contributed by atoms with Gasteiger partial charge in [-0.25, -0.2) is 0 Å². The molecule has 1 aromatic heterocycles. The Kier molecular flexibility index (Phi) is 4.29. The summed E-state index contributed by atoms with van der Waals surface area (Å²) in [7, 11) is 0. The lowest BCUT2D eigenvalue weighted by atomic mass is 10.2. The third kappa shape index (κ3) is 3.67. The summed E-state index contributed by atoms with van der Waals surface area (Å²) in [6, 6.07) is 11.7. The predicted octanol–water partition coefficient (Wildman–Crippen LogP) is 2.31. The van der Waals surface area contributed by atoms with Crippen molar-refractivity contribution in [2.24, 2.45) is 5.73 Å². The number of nitrogens with one attached hydrogen (secondary N) is 1. The van der Waals surface area contributed by atoms with E-state index < -0.39 is 5.91 Å². The van der Waals surface area contributed by atoms with Gasteiger partial charge in [0.25, 0.3) is 5.91 Å². The topological polar surface area (TPSA) is 68.0 Å². The average molecular weight is 253 g/mol. The van der Waals surface area contributed by atoms with Gasteiger partial charge in [0.15, 0.2) is 0 Å². The molecule has 0 bridgehead atoms. The van der Waals surface area contributed by atoms with Crippen LogP contribution in [0.25, 0.3) is 6.08 Å². The zero-order chi connectivity index (χ0) is 13.5. The van der Waals surface area contributed by atoms with Crippen molar-refractivity contribution in [3.05, 3.63) is 66.0 Å². The molecule has 0 saturated heterocycles. The molecule has 1 aromatic carbocycles. The van der Waals surface area contributed by atoms with Crippen LogP contribution in [-0.4, -0.2) is 17.4 Å². The fourth-order valence-corrected chi connectivity index (χ4v) is 1.67. The van der Waals surface area contributed by atoms with Crippen LogP contribution < -0.4 is 11.1 Å². The minimum atomic E-state index is -0.484. The monoisotopic (exact) mass is 253 g/mol. The van der Waals surface area contributed by atoms with Crippen molar-refractivity contribution in [1.29, 1.82) is 0 Å². The average Bonchev–Trinajstić information content (AvgIpc) is 2.45. The highest BCUT2D eigenvalue weighted by Crippen LogP contribution is 2.12. The molecule has 1 heterocycles. The fourth-order valence-electron chi connectivity index (χ4n) is 1.67. The first-order valence-corrected chi connectivity index (χ1v) is 5.96. The Bertz CT molecular complexity index is 579. The summed E-state index contributed by atoms with van der Waals surface area (Å²) < 4.78 is 0. The summed E-state index contributed by atoms with van der Waals surface area (Å²) in [5.74, 6) is -0.484. The van der Waals surface area contributed by atoms with E-state index in [9.17, 15) is 4.79 Å². The Morgan fingerprint density at radius 2 is 2.05 bits per heavy atom. The van der Waals surface area contributed by atoms with Gasteiger partial charge in [0.2, 0.25) is 0 Å². The van der Waals surface area contributed by atoms with Gasteiger partial charge in [0, 0.05) is 18.9 Å². The van der Waals surface area contributed by atoms with E-state index in [1.807, 2.05) is 42.5 Å². The Hall–Kier alpha value is -2.62. The number of nitrogens with two attached hydrogens (primary N) is 1. The quantitative estimate of drug-likeness (QED) is 0.859. The molecule has 19 heavy (non-hydrogen) atoms. The van der Waals surface area contributed by atoms with Crippen LogP contribution >= 0.6 is 0 Å². The number of benzene rings is 1. The van der Waals surface area contributed by atoms with Gasteiger partial charge in [0.05, 0.1) is 11.3 Å². The molecular weight excluding hydrogens is 238 g/mol. The Morgan fingerprint density at radius 3 is 2.79 bits per heavy atom. The first kappa shape index (κ1) is 12.8. The fraction of sp³-hybridized carbons (Fsp3) is 0.0667. The SMILES string of the molecule is NC(=O)c1cnccc1NC/C=C/c1ccccc1. The van der Waals surface area contributed by atoms with Gasteiger partial charge in [-0.3, -0.25) is 9.78 Å². The van der Waals surface area contributed by atoms with Crippen LogP contribution in [0.2, 0.25) is 0 Å². The molecule has 0 aliphatic rings. The molecule has 0 saturated carbocycles. The van der Waals surface area contributed by atoms with Crippen LogP contribution in [-0.2, 0) is 0 Å². The number of anilines is 1. The largest absolute Gasteiger partial charge is 0.381 e. The molecule has 0 unspecified atom stereocenters. The number of nitrogens with zero attached hydrogens (tertiary/aromatic N) is 1. The van der Waals surface area contributed by atoms with Gasteiger partial charge in [-0.05, 0) is 11.6 Å². The Labute approximate surface area is 112 Å². The highest BCUT2D eigenvalue weighted by Gasteiger charge is 2.05. The van der Waals surface area contributed by atoms with Crippen molar-refractivity contribution in [2.45, 2.75) is 0 Å². The molecule has 0 radical (unpaired) electrons. The second kappa shape index (κ2) is 6.35. The highest BCUT2D eigenvalue weighted by atomic mass is 16.1. The van der Waals surface area contributed by atoms with E-state index in [-0.39, 0.29) is 0 Å². The van der Waals surface area contributed by atoms with Crippen molar-refractivity contribution in [2.75, 3.05) is 11.9 Å². The number of carbonyl (C=O) groups is 1. The summed E-state index contributed by atoms with van der Waals surface area (Å²) in [5.41, 5.74) is 7.50. The number of hydrogen-bond donors (Lipinski definition) is 2. The maximum atomic E-state index is 11.2. The molecule has 96 valence electrons. The van der Waals surface area contributed by atoms with E-state index in [2.05, 4.69) is 10.3 Å².